The van der Waals surface area contributed by atoms with Gasteiger partial charge in [-0.2, -0.15) is 0 Å². The van der Waals surface area contributed by atoms with Gasteiger partial charge in [0.2, 0.25) is 0 Å². The van der Waals surface area contributed by atoms with E-state index in [1.54, 1.807) is 0 Å². The van der Waals surface area contributed by atoms with E-state index in [2.05, 4.69) is 9.72 Å². The minimum atomic E-state index is -5.07. The highest BCUT2D eigenvalue weighted by Crippen LogP contribution is 2.34. The molecule has 1 aromatic heterocycles. The molecule has 1 rings (SSSR count). The third kappa shape index (κ3) is 3.26. The smallest absolute Gasteiger partial charge is 0.405 e. The lowest BCUT2D eigenvalue weighted by Crippen LogP contribution is -2.21. The Morgan fingerprint density at radius 3 is 2.39 bits per heavy atom. The van der Waals surface area contributed by atoms with Gasteiger partial charge in [0.05, 0.1) is 6.61 Å². The fourth-order valence-corrected chi connectivity index (χ4v) is 1.32. The molecule has 0 aliphatic carbocycles. The number of halogens is 5. The predicted molar refractivity (Wildman–Crippen MR) is 49.7 cm³/mol. The summed E-state index contributed by atoms with van der Waals surface area (Å²) in [5.74, 6) is -0.919. The number of pyridine rings is 1. The minimum absolute atomic E-state index is 0.222. The summed E-state index contributed by atoms with van der Waals surface area (Å²) in [6.07, 6.45) is -7.44. The van der Waals surface area contributed by atoms with Gasteiger partial charge in [0.1, 0.15) is 11.4 Å². The third-order valence-electron chi connectivity index (χ3n) is 2.04. The zero-order valence-corrected chi connectivity index (χ0v) is 8.84. The standard InChI is InChI=1S/C9H9F5N2O2/c10-8(11)6-5(3-17)7(18-9(12,13)14)4(1-15)2-16-6/h2,8,17H,1,3,15H2. The second kappa shape index (κ2) is 5.44. The molecule has 0 aliphatic rings. The van der Waals surface area contributed by atoms with Gasteiger partial charge in [-0.1, -0.05) is 0 Å². The maximum atomic E-state index is 12.5. The van der Waals surface area contributed by atoms with Crippen LogP contribution in [-0.4, -0.2) is 16.5 Å². The van der Waals surface area contributed by atoms with E-state index in [0.29, 0.717) is 0 Å². The van der Waals surface area contributed by atoms with E-state index >= 15 is 0 Å². The summed E-state index contributed by atoms with van der Waals surface area (Å²) < 4.78 is 65.1. The van der Waals surface area contributed by atoms with Crippen molar-refractivity contribution in [3.63, 3.8) is 0 Å². The van der Waals surface area contributed by atoms with Crippen LogP contribution in [0.1, 0.15) is 23.2 Å². The SMILES string of the molecule is NCc1cnc(C(F)F)c(CO)c1OC(F)(F)F. The number of ether oxygens (including phenoxy) is 1. The van der Waals surface area contributed by atoms with Crippen molar-refractivity contribution in [1.82, 2.24) is 4.98 Å². The fraction of sp³-hybridized carbons (Fsp3) is 0.444. The molecular formula is C9H9F5N2O2. The number of aromatic nitrogens is 1. The van der Waals surface area contributed by atoms with Crippen molar-refractivity contribution >= 4 is 0 Å². The zero-order valence-electron chi connectivity index (χ0n) is 8.84. The first-order valence-corrected chi connectivity index (χ1v) is 4.65. The van der Waals surface area contributed by atoms with Crippen LogP contribution in [0.15, 0.2) is 6.20 Å². The maximum Gasteiger partial charge on any atom is 0.573 e. The lowest BCUT2D eigenvalue weighted by Gasteiger charge is -2.17. The first-order chi connectivity index (χ1) is 8.30. The molecule has 1 aromatic rings. The second-order valence-electron chi connectivity index (χ2n) is 3.19. The maximum absolute atomic E-state index is 12.5. The molecule has 102 valence electrons. The van der Waals surface area contributed by atoms with Crippen molar-refractivity contribution in [3.05, 3.63) is 23.0 Å². The van der Waals surface area contributed by atoms with Gasteiger partial charge in [0.25, 0.3) is 6.43 Å². The summed E-state index contributed by atoms with van der Waals surface area (Å²) >= 11 is 0. The van der Waals surface area contributed by atoms with Gasteiger partial charge < -0.3 is 15.6 Å². The van der Waals surface area contributed by atoms with E-state index in [1.807, 2.05) is 0 Å². The van der Waals surface area contributed by atoms with E-state index < -0.39 is 42.9 Å². The number of nitrogens with two attached hydrogens (primary N) is 1. The Bertz CT molecular complexity index is 422. The molecule has 0 bridgehead atoms. The van der Waals surface area contributed by atoms with Crippen molar-refractivity contribution < 1.29 is 31.8 Å². The number of hydrogen-bond acceptors (Lipinski definition) is 4. The minimum Gasteiger partial charge on any atom is -0.405 e. The van der Waals surface area contributed by atoms with Crippen LogP contribution in [0, 0.1) is 0 Å². The van der Waals surface area contributed by atoms with Crippen molar-refractivity contribution in [2.45, 2.75) is 25.9 Å². The van der Waals surface area contributed by atoms with E-state index in [-0.39, 0.29) is 5.56 Å². The number of aliphatic hydroxyl groups excluding tert-OH is 1. The quantitative estimate of drug-likeness (QED) is 0.821. The van der Waals surface area contributed by atoms with E-state index in [0.717, 1.165) is 6.20 Å². The summed E-state index contributed by atoms with van der Waals surface area (Å²) in [7, 11) is 0. The average molecular weight is 272 g/mol. The summed E-state index contributed by atoms with van der Waals surface area (Å²) in [6, 6.07) is 0. The summed E-state index contributed by atoms with van der Waals surface area (Å²) in [6.45, 7) is -1.46. The molecule has 0 saturated heterocycles. The lowest BCUT2D eigenvalue weighted by atomic mass is 10.1. The zero-order chi connectivity index (χ0) is 13.9. The van der Waals surface area contributed by atoms with Crippen LogP contribution in [0.5, 0.6) is 5.75 Å². The highest BCUT2D eigenvalue weighted by molar-refractivity contribution is 5.43. The predicted octanol–water partition coefficient (Wildman–Crippen LogP) is 1.87. The topological polar surface area (TPSA) is 68.4 Å². The highest BCUT2D eigenvalue weighted by atomic mass is 19.4. The molecule has 0 spiro atoms. The second-order valence-corrected chi connectivity index (χ2v) is 3.19. The van der Waals surface area contributed by atoms with Crippen LogP contribution in [0.3, 0.4) is 0 Å². The molecule has 0 radical (unpaired) electrons. The van der Waals surface area contributed by atoms with Crippen molar-refractivity contribution in [3.8, 4) is 5.75 Å². The molecule has 0 atom stereocenters. The third-order valence-corrected chi connectivity index (χ3v) is 2.04. The van der Waals surface area contributed by atoms with Gasteiger partial charge >= 0.3 is 6.36 Å². The Hall–Kier alpha value is -1.48. The van der Waals surface area contributed by atoms with Crippen molar-refractivity contribution in [2.24, 2.45) is 5.73 Å². The largest absolute Gasteiger partial charge is 0.573 e. The molecule has 4 nitrogen and oxygen atoms in total. The monoisotopic (exact) mass is 272 g/mol. The summed E-state index contributed by atoms with van der Waals surface area (Å²) in [5, 5.41) is 8.90. The highest BCUT2D eigenvalue weighted by Gasteiger charge is 2.34. The van der Waals surface area contributed by atoms with Gasteiger partial charge in [-0.3, -0.25) is 4.98 Å². The van der Waals surface area contributed by atoms with Gasteiger partial charge in [0, 0.05) is 23.9 Å². The summed E-state index contributed by atoms with van der Waals surface area (Å²) in [4.78, 5) is 3.27. The lowest BCUT2D eigenvalue weighted by molar-refractivity contribution is -0.275. The van der Waals surface area contributed by atoms with E-state index in [1.165, 1.54) is 0 Å². The summed E-state index contributed by atoms with van der Waals surface area (Å²) in [5.41, 5.74) is 3.26. The van der Waals surface area contributed by atoms with E-state index in [4.69, 9.17) is 10.8 Å². The van der Waals surface area contributed by atoms with Crippen LogP contribution in [-0.2, 0) is 13.2 Å². The molecule has 0 aliphatic heterocycles. The Morgan fingerprint density at radius 1 is 1.39 bits per heavy atom. The fourth-order valence-electron chi connectivity index (χ4n) is 1.32. The molecule has 0 unspecified atom stereocenters. The van der Waals surface area contributed by atoms with Crippen molar-refractivity contribution in [1.29, 1.82) is 0 Å². The molecular weight excluding hydrogens is 263 g/mol. The van der Waals surface area contributed by atoms with E-state index in [9.17, 15) is 22.0 Å². The average Bonchev–Trinajstić information content (AvgIpc) is 2.26. The van der Waals surface area contributed by atoms with Crippen LogP contribution in [0.2, 0.25) is 0 Å². The number of aliphatic hydroxyl groups is 1. The first-order valence-electron chi connectivity index (χ1n) is 4.65. The number of hydrogen-bond donors (Lipinski definition) is 2. The molecule has 1 heterocycles. The molecule has 0 amide bonds. The molecule has 0 fully saturated rings. The molecule has 9 heteroatoms. The molecule has 0 saturated carbocycles. The Balaban J connectivity index is 3.37. The van der Waals surface area contributed by atoms with Crippen LogP contribution in [0.4, 0.5) is 22.0 Å². The first kappa shape index (κ1) is 14.6. The van der Waals surface area contributed by atoms with Crippen LogP contribution >= 0.6 is 0 Å². The van der Waals surface area contributed by atoms with Crippen LogP contribution < -0.4 is 10.5 Å². The normalized spacial score (nSPS) is 12.0. The number of nitrogens with zero attached hydrogens (tertiary/aromatic N) is 1. The molecule has 18 heavy (non-hydrogen) atoms. The Kier molecular flexibility index (Phi) is 4.41. The molecule has 0 aromatic carbocycles. The Morgan fingerprint density at radius 2 is 2.00 bits per heavy atom. The van der Waals surface area contributed by atoms with Gasteiger partial charge in [-0.25, -0.2) is 8.78 Å². The number of alkyl halides is 5. The van der Waals surface area contributed by atoms with Gasteiger partial charge in [0.15, 0.2) is 0 Å². The molecule has 3 N–H and O–H groups in total. The number of rotatable bonds is 4. The van der Waals surface area contributed by atoms with Gasteiger partial charge in [-0.05, 0) is 0 Å². The van der Waals surface area contributed by atoms with Gasteiger partial charge in [-0.15, -0.1) is 13.2 Å². The van der Waals surface area contributed by atoms with Crippen molar-refractivity contribution in [2.75, 3.05) is 0 Å². The Labute approximate surface area is 98.2 Å². The van der Waals surface area contributed by atoms with Crippen LogP contribution in [0.25, 0.3) is 0 Å².